The summed E-state index contributed by atoms with van der Waals surface area (Å²) in [4.78, 5) is 4.15. The average Bonchev–Trinajstić information content (AvgIpc) is 3.26. The lowest BCUT2D eigenvalue weighted by Gasteiger charge is -2.12. The molecular formula is C15H22FN3O. The van der Waals surface area contributed by atoms with Crippen LogP contribution < -0.4 is 15.4 Å². The molecule has 0 atom stereocenters. The Kier molecular flexibility index (Phi) is 5.21. The fraction of sp³-hybridized carbons (Fsp3) is 0.533. The zero-order valence-corrected chi connectivity index (χ0v) is 12.1. The van der Waals surface area contributed by atoms with Gasteiger partial charge in [0.05, 0.1) is 6.61 Å². The van der Waals surface area contributed by atoms with E-state index < -0.39 is 0 Å². The van der Waals surface area contributed by atoms with Gasteiger partial charge in [-0.05, 0) is 43.4 Å². The Morgan fingerprint density at radius 2 is 2.20 bits per heavy atom. The summed E-state index contributed by atoms with van der Waals surface area (Å²) in [5.41, 5.74) is 0.861. The molecule has 1 aromatic carbocycles. The van der Waals surface area contributed by atoms with Gasteiger partial charge < -0.3 is 15.4 Å². The smallest absolute Gasteiger partial charge is 0.191 e. The van der Waals surface area contributed by atoms with E-state index in [1.807, 2.05) is 13.0 Å². The second-order valence-electron chi connectivity index (χ2n) is 4.95. The molecule has 5 heteroatoms. The van der Waals surface area contributed by atoms with Crippen molar-refractivity contribution >= 4 is 5.96 Å². The molecule has 1 aliphatic rings. The Hall–Kier alpha value is -1.78. The van der Waals surface area contributed by atoms with Gasteiger partial charge in [-0.3, -0.25) is 4.99 Å². The molecule has 0 bridgehead atoms. The lowest BCUT2D eigenvalue weighted by atomic mass is 10.2. The Morgan fingerprint density at radius 1 is 1.40 bits per heavy atom. The minimum absolute atomic E-state index is 0.299. The van der Waals surface area contributed by atoms with Crippen LogP contribution in [0.3, 0.4) is 0 Å². The molecule has 0 unspecified atom stereocenters. The monoisotopic (exact) mass is 279 g/mol. The maximum Gasteiger partial charge on any atom is 0.191 e. The molecule has 2 N–H and O–H groups in total. The van der Waals surface area contributed by atoms with Crippen LogP contribution in [0.4, 0.5) is 4.39 Å². The maximum absolute atomic E-state index is 13.7. The van der Waals surface area contributed by atoms with E-state index in [1.54, 1.807) is 13.1 Å². The summed E-state index contributed by atoms with van der Waals surface area (Å²) >= 11 is 0. The van der Waals surface area contributed by atoms with E-state index in [1.165, 1.54) is 18.9 Å². The first-order valence-electron chi connectivity index (χ1n) is 7.08. The molecule has 2 rings (SSSR count). The lowest BCUT2D eigenvalue weighted by Crippen LogP contribution is -2.37. The van der Waals surface area contributed by atoms with Crippen LogP contribution in [-0.4, -0.2) is 26.2 Å². The first-order chi connectivity index (χ1) is 9.72. The van der Waals surface area contributed by atoms with Crippen LogP contribution in [0, 0.1) is 11.7 Å². The average molecular weight is 279 g/mol. The van der Waals surface area contributed by atoms with E-state index in [2.05, 4.69) is 15.6 Å². The number of ether oxygens (including phenoxy) is 1. The van der Waals surface area contributed by atoms with E-state index in [4.69, 9.17) is 4.74 Å². The topological polar surface area (TPSA) is 45.6 Å². The van der Waals surface area contributed by atoms with Gasteiger partial charge >= 0.3 is 0 Å². The van der Waals surface area contributed by atoms with E-state index in [0.717, 1.165) is 24.0 Å². The van der Waals surface area contributed by atoms with Crippen LogP contribution in [0.15, 0.2) is 23.2 Å². The van der Waals surface area contributed by atoms with Crippen LogP contribution in [0.25, 0.3) is 0 Å². The number of nitrogens with zero attached hydrogens (tertiary/aromatic N) is 1. The standard InChI is InChI=1S/C15H22FN3O/c1-3-20-14-7-6-12(8-13(14)16)10-19-15(17-2)18-9-11-4-5-11/h6-8,11H,3-5,9-10H2,1-2H3,(H2,17,18,19). The number of benzene rings is 1. The predicted molar refractivity (Wildman–Crippen MR) is 78.5 cm³/mol. The first-order valence-corrected chi connectivity index (χ1v) is 7.08. The number of hydrogen-bond acceptors (Lipinski definition) is 2. The number of guanidine groups is 1. The number of aliphatic imine (C=N–C) groups is 1. The maximum atomic E-state index is 13.7. The predicted octanol–water partition coefficient (Wildman–Crippen LogP) is 2.30. The highest BCUT2D eigenvalue weighted by Gasteiger charge is 2.20. The van der Waals surface area contributed by atoms with Gasteiger partial charge in [-0.15, -0.1) is 0 Å². The molecule has 0 heterocycles. The molecule has 1 aromatic rings. The van der Waals surface area contributed by atoms with Gasteiger partial charge in [0, 0.05) is 20.1 Å². The highest BCUT2D eigenvalue weighted by atomic mass is 19.1. The van der Waals surface area contributed by atoms with E-state index >= 15 is 0 Å². The molecule has 20 heavy (non-hydrogen) atoms. The quantitative estimate of drug-likeness (QED) is 0.620. The third-order valence-corrected chi connectivity index (χ3v) is 3.23. The summed E-state index contributed by atoms with van der Waals surface area (Å²) in [6.45, 7) is 3.79. The highest BCUT2D eigenvalue weighted by Crippen LogP contribution is 2.27. The van der Waals surface area contributed by atoms with Crippen molar-refractivity contribution in [3.8, 4) is 5.75 Å². The molecular weight excluding hydrogens is 257 g/mol. The van der Waals surface area contributed by atoms with Crippen molar-refractivity contribution in [3.63, 3.8) is 0 Å². The summed E-state index contributed by atoms with van der Waals surface area (Å²) in [5, 5.41) is 6.45. The summed E-state index contributed by atoms with van der Waals surface area (Å²) in [7, 11) is 1.74. The third-order valence-electron chi connectivity index (χ3n) is 3.23. The first kappa shape index (κ1) is 14.6. The van der Waals surface area contributed by atoms with Gasteiger partial charge in [-0.25, -0.2) is 4.39 Å². The normalized spacial score (nSPS) is 15.1. The molecule has 0 amide bonds. The number of nitrogens with one attached hydrogen (secondary N) is 2. The number of halogens is 1. The molecule has 0 aromatic heterocycles. The van der Waals surface area contributed by atoms with Crippen LogP contribution >= 0.6 is 0 Å². The van der Waals surface area contributed by atoms with Crippen molar-refractivity contribution in [2.24, 2.45) is 10.9 Å². The van der Waals surface area contributed by atoms with Gasteiger partial charge in [0.2, 0.25) is 0 Å². The van der Waals surface area contributed by atoms with Gasteiger partial charge in [0.15, 0.2) is 17.5 Å². The largest absolute Gasteiger partial charge is 0.491 e. The second-order valence-corrected chi connectivity index (χ2v) is 4.95. The molecule has 0 radical (unpaired) electrons. The van der Waals surface area contributed by atoms with Gasteiger partial charge in [0.25, 0.3) is 0 Å². The van der Waals surface area contributed by atoms with Crippen molar-refractivity contribution in [2.45, 2.75) is 26.3 Å². The Morgan fingerprint density at radius 3 is 2.80 bits per heavy atom. The van der Waals surface area contributed by atoms with Gasteiger partial charge in [0.1, 0.15) is 0 Å². The fourth-order valence-electron chi connectivity index (χ4n) is 1.90. The van der Waals surface area contributed by atoms with E-state index in [-0.39, 0.29) is 5.82 Å². The fourth-order valence-corrected chi connectivity index (χ4v) is 1.90. The molecule has 0 saturated heterocycles. The number of hydrogen-bond donors (Lipinski definition) is 2. The Labute approximate surface area is 119 Å². The van der Waals surface area contributed by atoms with Crippen molar-refractivity contribution in [2.75, 3.05) is 20.2 Å². The zero-order chi connectivity index (χ0) is 14.4. The van der Waals surface area contributed by atoms with Crippen LogP contribution in [0.1, 0.15) is 25.3 Å². The molecule has 1 fully saturated rings. The van der Waals surface area contributed by atoms with Crippen LogP contribution in [-0.2, 0) is 6.54 Å². The third kappa shape index (κ3) is 4.40. The molecule has 4 nitrogen and oxygen atoms in total. The minimum Gasteiger partial charge on any atom is -0.491 e. The minimum atomic E-state index is -0.327. The van der Waals surface area contributed by atoms with Gasteiger partial charge in [-0.1, -0.05) is 6.07 Å². The summed E-state index contributed by atoms with van der Waals surface area (Å²) in [5.74, 6) is 1.52. The molecule has 1 aliphatic carbocycles. The van der Waals surface area contributed by atoms with Crippen molar-refractivity contribution in [1.82, 2.24) is 10.6 Å². The summed E-state index contributed by atoms with van der Waals surface area (Å²) in [6.07, 6.45) is 2.60. The zero-order valence-electron chi connectivity index (χ0n) is 12.1. The molecule has 110 valence electrons. The summed E-state index contributed by atoms with van der Waals surface area (Å²) < 4.78 is 18.9. The lowest BCUT2D eigenvalue weighted by molar-refractivity contribution is 0.321. The Balaban J connectivity index is 1.83. The molecule has 0 aliphatic heterocycles. The second kappa shape index (κ2) is 7.12. The van der Waals surface area contributed by atoms with Gasteiger partial charge in [-0.2, -0.15) is 0 Å². The van der Waals surface area contributed by atoms with Crippen molar-refractivity contribution in [3.05, 3.63) is 29.6 Å². The summed E-state index contributed by atoms with van der Waals surface area (Å²) in [6, 6.07) is 5.01. The SMILES string of the molecule is CCOc1ccc(CNC(=NC)NCC2CC2)cc1F. The molecule has 0 spiro atoms. The van der Waals surface area contributed by atoms with Crippen molar-refractivity contribution < 1.29 is 9.13 Å². The highest BCUT2D eigenvalue weighted by molar-refractivity contribution is 5.79. The van der Waals surface area contributed by atoms with E-state index in [0.29, 0.717) is 18.9 Å². The molecule has 1 saturated carbocycles. The Bertz CT molecular complexity index is 472. The van der Waals surface area contributed by atoms with E-state index in [9.17, 15) is 4.39 Å². The van der Waals surface area contributed by atoms with Crippen molar-refractivity contribution in [1.29, 1.82) is 0 Å². The number of rotatable bonds is 6. The van der Waals surface area contributed by atoms with Crippen LogP contribution in [0.2, 0.25) is 0 Å². The van der Waals surface area contributed by atoms with Crippen LogP contribution in [0.5, 0.6) is 5.75 Å².